The number of nitrogens with zero attached hydrogens (tertiary/aromatic N) is 1. The first kappa shape index (κ1) is 13.5. The molecule has 1 amide bonds. The number of nitrogens with one attached hydrogen (secondary N) is 2. The quantitative estimate of drug-likeness (QED) is 0.692. The van der Waals surface area contributed by atoms with E-state index >= 15 is 0 Å². The molecule has 0 saturated carbocycles. The Morgan fingerprint density at radius 3 is 2.75 bits per heavy atom. The SMILES string of the molecule is CCN(CC)C(=O)CNCC1CCCNC1. The Hall–Kier alpha value is -0.610. The second kappa shape index (κ2) is 7.63. The van der Waals surface area contributed by atoms with Gasteiger partial charge in [0.05, 0.1) is 6.54 Å². The van der Waals surface area contributed by atoms with Crippen LogP contribution in [0.2, 0.25) is 0 Å². The third-order valence-corrected chi connectivity index (χ3v) is 3.22. The molecule has 0 aliphatic carbocycles. The molecule has 1 aliphatic heterocycles. The van der Waals surface area contributed by atoms with Crippen molar-refractivity contribution >= 4 is 5.91 Å². The fraction of sp³-hybridized carbons (Fsp3) is 0.917. The van der Waals surface area contributed by atoms with Gasteiger partial charge in [-0.1, -0.05) is 0 Å². The normalized spacial score (nSPS) is 20.8. The number of hydrogen-bond acceptors (Lipinski definition) is 3. The van der Waals surface area contributed by atoms with Gasteiger partial charge in [0.25, 0.3) is 0 Å². The van der Waals surface area contributed by atoms with Crippen LogP contribution in [0.25, 0.3) is 0 Å². The van der Waals surface area contributed by atoms with Crippen LogP contribution >= 0.6 is 0 Å². The number of hydrogen-bond donors (Lipinski definition) is 2. The number of piperidine rings is 1. The van der Waals surface area contributed by atoms with Gasteiger partial charge in [0.2, 0.25) is 5.91 Å². The highest BCUT2D eigenvalue weighted by atomic mass is 16.2. The predicted octanol–water partition coefficient (Wildman–Crippen LogP) is 0.444. The molecule has 1 aliphatic rings. The van der Waals surface area contributed by atoms with E-state index in [0.717, 1.165) is 32.7 Å². The van der Waals surface area contributed by atoms with Gasteiger partial charge in [-0.3, -0.25) is 4.79 Å². The van der Waals surface area contributed by atoms with E-state index in [9.17, 15) is 4.79 Å². The Balaban J connectivity index is 2.11. The second-order valence-corrected chi connectivity index (χ2v) is 4.41. The summed E-state index contributed by atoms with van der Waals surface area (Å²) < 4.78 is 0. The minimum absolute atomic E-state index is 0.216. The zero-order chi connectivity index (χ0) is 11.8. The molecule has 0 bridgehead atoms. The molecule has 0 aromatic heterocycles. The number of carbonyl (C=O) groups excluding carboxylic acids is 1. The first-order chi connectivity index (χ1) is 7.77. The van der Waals surface area contributed by atoms with E-state index in [1.54, 1.807) is 0 Å². The van der Waals surface area contributed by atoms with Crippen LogP contribution < -0.4 is 10.6 Å². The number of rotatable bonds is 6. The van der Waals surface area contributed by atoms with Crippen LogP contribution in [0.15, 0.2) is 0 Å². The fourth-order valence-electron chi connectivity index (χ4n) is 2.17. The molecule has 0 aromatic carbocycles. The van der Waals surface area contributed by atoms with Gasteiger partial charge in [0, 0.05) is 13.1 Å². The molecule has 2 N–H and O–H groups in total. The van der Waals surface area contributed by atoms with Crippen LogP contribution in [0, 0.1) is 5.92 Å². The van der Waals surface area contributed by atoms with Crippen molar-refractivity contribution in [3.8, 4) is 0 Å². The molecule has 1 fully saturated rings. The van der Waals surface area contributed by atoms with Gasteiger partial charge in [-0.05, 0) is 52.2 Å². The molecule has 4 nitrogen and oxygen atoms in total. The van der Waals surface area contributed by atoms with E-state index in [4.69, 9.17) is 0 Å². The lowest BCUT2D eigenvalue weighted by Gasteiger charge is -2.24. The molecule has 1 unspecified atom stereocenters. The maximum Gasteiger partial charge on any atom is 0.236 e. The molecule has 1 heterocycles. The molecular weight excluding hydrogens is 202 g/mol. The van der Waals surface area contributed by atoms with Crippen molar-refractivity contribution in [2.45, 2.75) is 26.7 Å². The van der Waals surface area contributed by atoms with Gasteiger partial charge in [0.15, 0.2) is 0 Å². The van der Waals surface area contributed by atoms with Gasteiger partial charge in [-0.15, -0.1) is 0 Å². The van der Waals surface area contributed by atoms with E-state index in [1.165, 1.54) is 12.8 Å². The third kappa shape index (κ3) is 4.49. The van der Waals surface area contributed by atoms with Crippen LogP contribution in [0.4, 0.5) is 0 Å². The fourth-order valence-corrected chi connectivity index (χ4v) is 2.17. The molecule has 16 heavy (non-hydrogen) atoms. The van der Waals surface area contributed by atoms with Crippen LogP contribution in [-0.2, 0) is 4.79 Å². The lowest BCUT2D eigenvalue weighted by atomic mass is 10.00. The van der Waals surface area contributed by atoms with Crippen molar-refractivity contribution in [1.82, 2.24) is 15.5 Å². The minimum atomic E-state index is 0.216. The maximum atomic E-state index is 11.7. The van der Waals surface area contributed by atoms with E-state index in [0.29, 0.717) is 12.5 Å². The summed E-state index contributed by atoms with van der Waals surface area (Å²) in [7, 11) is 0. The van der Waals surface area contributed by atoms with Crippen molar-refractivity contribution in [2.24, 2.45) is 5.92 Å². The smallest absolute Gasteiger partial charge is 0.236 e. The predicted molar refractivity (Wildman–Crippen MR) is 66.4 cm³/mol. The third-order valence-electron chi connectivity index (χ3n) is 3.22. The molecule has 1 rings (SSSR count). The summed E-state index contributed by atoms with van der Waals surface area (Å²) in [5.41, 5.74) is 0. The van der Waals surface area contributed by atoms with Gasteiger partial charge < -0.3 is 15.5 Å². The molecule has 0 radical (unpaired) electrons. The Bertz CT molecular complexity index is 198. The molecular formula is C12H25N3O. The molecule has 4 heteroatoms. The summed E-state index contributed by atoms with van der Waals surface area (Å²) in [4.78, 5) is 13.6. The van der Waals surface area contributed by atoms with Crippen molar-refractivity contribution < 1.29 is 4.79 Å². The Morgan fingerprint density at radius 2 is 2.19 bits per heavy atom. The molecule has 1 atom stereocenters. The Labute approximate surface area is 98.8 Å². The largest absolute Gasteiger partial charge is 0.342 e. The lowest BCUT2D eigenvalue weighted by Crippen LogP contribution is -2.41. The first-order valence-corrected chi connectivity index (χ1v) is 6.47. The first-order valence-electron chi connectivity index (χ1n) is 6.47. The summed E-state index contributed by atoms with van der Waals surface area (Å²) in [6.45, 7) is 9.34. The van der Waals surface area contributed by atoms with Gasteiger partial charge in [0.1, 0.15) is 0 Å². The zero-order valence-corrected chi connectivity index (χ0v) is 10.6. The van der Waals surface area contributed by atoms with E-state index in [1.807, 2.05) is 18.7 Å². The van der Waals surface area contributed by atoms with Crippen LogP contribution in [0.1, 0.15) is 26.7 Å². The number of carbonyl (C=O) groups is 1. The standard InChI is InChI=1S/C12H25N3O/c1-3-15(4-2)12(16)10-14-9-11-6-5-7-13-8-11/h11,13-14H,3-10H2,1-2H3. The topological polar surface area (TPSA) is 44.4 Å². The van der Waals surface area contributed by atoms with Gasteiger partial charge in [-0.2, -0.15) is 0 Å². The van der Waals surface area contributed by atoms with Crippen molar-refractivity contribution in [3.63, 3.8) is 0 Å². The van der Waals surface area contributed by atoms with E-state index < -0.39 is 0 Å². The van der Waals surface area contributed by atoms with Crippen LogP contribution in [0.5, 0.6) is 0 Å². The highest BCUT2D eigenvalue weighted by Gasteiger charge is 2.14. The van der Waals surface area contributed by atoms with Crippen molar-refractivity contribution in [3.05, 3.63) is 0 Å². The second-order valence-electron chi connectivity index (χ2n) is 4.41. The number of amides is 1. The average Bonchev–Trinajstić information content (AvgIpc) is 2.32. The average molecular weight is 227 g/mol. The maximum absolute atomic E-state index is 11.7. The Morgan fingerprint density at radius 1 is 1.44 bits per heavy atom. The summed E-state index contributed by atoms with van der Waals surface area (Å²) in [6, 6.07) is 0. The number of likely N-dealkylation sites (N-methyl/N-ethyl adjacent to an activating group) is 1. The van der Waals surface area contributed by atoms with Crippen LogP contribution in [-0.4, -0.2) is 50.1 Å². The van der Waals surface area contributed by atoms with Gasteiger partial charge >= 0.3 is 0 Å². The lowest BCUT2D eigenvalue weighted by molar-refractivity contribution is -0.129. The summed E-state index contributed by atoms with van der Waals surface area (Å²) in [6.07, 6.45) is 2.54. The Kier molecular flexibility index (Phi) is 6.42. The monoisotopic (exact) mass is 227 g/mol. The zero-order valence-electron chi connectivity index (χ0n) is 10.6. The minimum Gasteiger partial charge on any atom is -0.342 e. The summed E-state index contributed by atoms with van der Waals surface area (Å²) in [5.74, 6) is 0.909. The molecule has 94 valence electrons. The van der Waals surface area contributed by atoms with E-state index in [2.05, 4.69) is 10.6 Å². The summed E-state index contributed by atoms with van der Waals surface area (Å²) >= 11 is 0. The summed E-state index contributed by atoms with van der Waals surface area (Å²) in [5, 5.41) is 6.66. The molecule has 0 spiro atoms. The molecule has 0 aromatic rings. The van der Waals surface area contributed by atoms with Crippen molar-refractivity contribution in [1.29, 1.82) is 0 Å². The van der Waals surface area contributed by atoms with Crippen molar-refractivity contribution in [2.75, 3.05) is 39.3 Å². The van der Waals surface area contributed by atoms with E-state index in [-0.39, 0.29) is 5.91 Å². The highest BCUT2D eigenvalue weighted by molar-refractivity contribution is 5.78. The highest BCUT2D eigenvalue weighted by Crippen LogP contribution is 2.07. The molecule has 1 saturated heterocycles. The van der Waals surface area contributed by atoms with Gasteiger partial charge in [-0.25, -0.2) is 0 Å². The van der Waals surface area contributed by atoms with Crippen LogP contribution in [0.3, 0.4) is 0 Å².